The molecule has 3 heterocycles. The number of hydrogen-bond donors (Lipinski definition) is 0. The molecule has 1 aliphatic heterocycles. The van der Waals surface area contributed by atoms with Gasteiger partial charge in [-0.1, -0.05) is 49.2 Å². The van der Waals surface area contributed by atoms with E-state index in [1.165, 1.54) is 11.1 Å². The molecule has 0 bridgehead atoms. The van der Waals surface area contributed by atoms with Crippen molar-refractivity contribution in [3.05, 3.63) is 65.8 Å². The summed E-state index contributed by atoms with van der Waals surface area (Å²) in [5.74, 6) is 1.97. The number of rotatable bonds is 5. The Morgan fingerprint density at radius 1 is 1.03 bits per heavy atom. The van der Waals surface area contributed by atoms with Crippen molar-refractivity contribution in [2.45, 2.75) is 57.3 Å². The number of amides is 1. The summed E-state index contributed by atoms with van der Waals surface area (Å²) < 4.78 is 5.71. The fourth-order valence-electron chi connectivity index (χ4n) is 5.18. The lowest BCUT2D eigenvalue weighted by molar-refractivity contribution is -0.137. The third-order valence-electron chi connectivity index (χ3n) is 7.06. The largest absolute Gasteiger partial charge is 0.341 e. The summed E-state index contributed by atoms with van der Waals surface area (Å²) in [5.41, 5.74) is 3.50. The molecule has 5 rings (SSSR count). The predicted octanol–water partition coefficient (Wildman–Crippen LogP) is 4.98. The number of aryl methyl sites for hydroxylation is 1. The Kier molecular flexibility index (Phi) is 6.02. The Bertz CT molecular complexity index is 1040. The van der Waals surface area contributed by atoms with E-state index in [1.807, 2.05) is 12.1 Å². The van der Waals surface area contributed by atoms with E-state index in [2.05, 4.69) is 46.2 Å². The molecule has 1 amide bonds. The topological polar surface area (TPSA) is 72.1 Å². The number of hydrogen-bond acceptors (Lipinski definition) is 5. The van der Waals surface area contributed by atoms with Crippen molar-refractivity contribution in [1.82, 2.24) is 20.0 Å². The third-order valence-corrected chi connectivity index (χ3v) is 7.06. The van der Waals surface area contributed by atoms with Crippen LogP contribution >= 0.6 is 0 Å². The van der Waals surface area contributed by atoms with Crippen LogP contribution in [0, 0.1) is 5.92 Å². The molecule has 166 valence electrons. The summed E-state index contributed by atoms with van der Waals surface area (Å²) in [6.45, 7) is 3.59. The molecule has 2 atom stereocenters. The molecule has 1 saturated carbocycles. The van der Waals surface area contributed by atoms with Crippen LogP contribution in [0.5, 0.6) is 0 Å². The molecule has 1 aromatic carbocycles. The molecule has 2 unspecified atom stereocenters. The molecule has 1 aliphatic carbocycles. The SMILES string of the molecule is CCc1ccc(C2CC(c3nc(-c4ccncc4)no3)CN(C(=O)C3CCCC3)C2)cc1. The van der Waals surface area contributed by atoms with E-state index in [4.69, 9.17) is 9.51 Å². The van der Waals surface area contributed by atoms with Gasteiger partial charge in [0.05, 0.1) is 5.92 Å². The maximum absolute atomic E-state index is 13.3. The summed E-state index contributed by atoms with van der Waals surface area (Å²) in [7, 11) is 0. The van der Waals surface area contributed by atoms with E-state index in [-0.39, 0.29) is 17.8 Å². The van der Waals surface area contributed by atoms with Crippen LogP contribution in [0.15, 0.2) is 53.3 Å². The third kappa shape index (κ3) is 4.31. The highest BCUT2D eigenvalue weighted by Crippen LogP contribution is 2.38. The van der Waals surface area contributed by atoms with Gasteiger partial charge in [0.2, 0.25) is 17.6 Å². The second-order valence-corrected chi connectivity index (χ2v) is 9.14. The molecule has 0 spiro atoms. The molecule has 2 aromatic heterocycles. The van der Waals surface area contributed by atoms with Gasteiger partial charge in [-0.2, -0.15) is 4.98 Å². The summed E-state index contributed by atoms with van der Waals surface area (Å²) >= 11 is 0. The van der Waals surface area contributed by atoms with Crippen molar-refractivity contribution >= 4 is 5.91 Å². The second kappa shape index (κ2) is 9.23. The average molecular weight is 431 g/mol. The number of pyridine rings is 1. The summed E-state index contributed by atoms with van der Waals surface area (Å²) in [4.78, 5) is 24.2. The highest BCUT2D eigenvalue weighted by atomic mass is 16.5. The van der Waals surface area contributed by atoms with Crippen molar-refractivity contribution in [1.29, 1.82) is 0 Å². The van der Waals surface area contributed by atoms with Crippen LogP contribution in [0.1, 0.15) is 67.9 Å². The van der Waals surface area contributed by atoms with Gasteiger partial charge < -0.3 is 9.42 Å². The van der Waals surface area contributed by atoms with Gasteiger partial charge in [-0.05, 0) is 48.9 Å². The zero-order chi connectivity index (χ0) is 21.9. The van der Waals surface area contributed by atoms with Crippen LogP contribution in [0.3, 0.4) is 0 Å². The Morgan fingerprint density at radius 3 is 2.47 bits per heavy atom. The molecule has 0 N–H and O–H groups in total. The first-order valence-electron chi connectivity index (χ1n) is 11.8. The fourth-order valence-corrected chi connectivity index (χ4v) is 5.18. The first-order valence-corrected chi connectivity index (χ1v) is 11.8. The Hall–Kier alpha value is -3.02. The first kappa shape index (κ1) is 20.9. The van der Waals surface area contributed by atoms with E-state index >= 15 is 0 Å². The van der Waals surface area contributed by atoms with Crippen molar-refractivity contribution in [3.8, 4) is 11.4 Å². The lowest BCUT2D eigenvalue weighted by Crippen LogP contribution is -2.44. The van der Waals surface area contributed by atoms with E-state index in [1.54, 1.807) is 12.4 Å². The highest BCUT2D eigenvalue weighted by molar-refractivity contribution is 5.79. The van der Waals surface area contributed by atoms with Crippen LogP contribution in [0.4, 0.5) is 0 Å². The summed E-state index contributed by atoms with van der Waals surface area (Å²) in [5, 5.41) is 4.21. The smallest absolute Gasteiger partial charge is 0.231 e. The summed E-state index contributed by atoms with van der Waals surface area (Å²) in [6, 6.07) is 12.6. The van der Waals surface area contributed by atoms with Gasteiger partial charge in [-0.3, -0.25) is 9.78 Å². The van der Waals surface area contributed by atoms with Gasteiger partial charge >= 0.3 is 0 Å². The minimum Gasteiger partial charge on any atom is -0.341 e. The molecule has 0 radical (unpaired) electrons. The molecule has 1 saturated heterocycles. The van der Waals surface area contributed by atoms with Gasteiger partial charge in [0.15, 0.2) is 0 Å². The molecule has 32 heavy (non-hydrogen) atoms. The normalized spacial score (nSPS) is 21.7. The van der Waals surface area contributed by atoms with Crippen LogP contribution < -0.4 is 0 Å². The maximum Gasteiger partial charge on any atom is 0.231 e. The van der Waals surface area contributed by atoms with Crippen LogP contribution in [-0.2, 0) is 11.2 Å². The van der Waals surface area contributed by atoms with Gasteiger partial charge in [0.1, 0.15) is 0 Å². The standard InChI is InChI=1S/C26H30N4O2/c1-2-18-7-9-19(10-8-18)22-15-23(17-30(16-22)26(31)21-5-3-4-6-21)25-28-24(29-32-25)20-11-13-27-14-12-20/h7-14,21-23H,2-6,15-17H2,1H3. The van der Waals surface area contributed by atoms with Crippen LogP contribution in [0.2, 0.25) is 0 Å². The molecule has 6 heteroatoms. The van der Waals surface area contributed by atoms with Gasteiger partial charge in [0.25, 0.3) is 0 Å². The fraction of sp³-hybridized carbons (Fsp3) is 0.462. The molecule has 2 fully saturated rings. The lowest BCUT2D eigenvalue weighted by atomic mass is 9.83. The number of piperidine rings is 1. The number of carbonyl (C=O) groups is 1. The number of likely N-dealkylation sites (tertiary alicyclic amines) is 1. The molecule has 6 nitrogen and oxygen atoms in total. The number of nitrogens with zero attached hydrogens (tertiary/aromatic N) is 4. The van der Waals surface area contributed by atoms with Crippen molar-refractivity contribution in [2.24, 2.45) is 5.92 Å². The minimum absolute atomic E-state index is 0.0352. The van der Waals surface area contributed by atoms with E-state index in [0.29, 0.717) is 24.2 Å². The number of carbonyl (C=O) groups excluding carboxylic acids is 1. The van der Waals surface area contributed by atoms with Crippen molar-refractivity contribution in [2.75, 3.05) is 13.1 Å². The van der Waals surface area contributed by atoms with Gasteiger partial charge in [0, 0.05) is 42.9 Å². The highest BCUT2D eigenvalue weighted by Gasteiger charge is 2.37. The van der Waals surface area contributed by atoms with Crippen molar-refractivity contribution in [3.63, 3.8) is 0 Å². The lowest BCUT2D eigenvalue weighted by Gasteiger charge is -2.38. The maximum atomic E-state index is 13.3. The number of aromatic nitrogens is 3. The molecular formula is C26H30N4O2. The van der Waals surface area contributed by atoms with Crippen LogP contribution in [-0.4, -0.2) is 39.0 Å². The van der Waals surface area contributed by atoms with E-state index in [0.717, 1.165) is 50.6 Å². The molecule has 2 aliphatic rings. The second-order valence-electron chi connectivity index (χ2n) is 9.14. The zero-order valence-electron chi connectivity index (χ0n) is 18.6. The van der Waals surface area contributed by atoms with Gasteiger partial charge in [-0.25, -0.2) is 0 Å². The van der Waals surface area contributed by atoms with E-state index in [9.17, 15) is 4.79 Å². The van der Waals surface area contributed by atoms with Crippen molar-refractivity contribution < 1.29 is 9.32 Å². The van der Waals surface area contributed by atoms with Gasteiger partial charge in [-0.15, -0.1) is 0 Å². The summed E-state index contributed by atoms with van der Waals surface area (Å²) in [6.07, 6.45) is 9.74. The Balaban J connectivity index is 1.41. The molecule has 3 aromatic rings. The quantitative estimate of drug-likeness (QED) is 0.571. The molecular weight excluding hydrogens is 400 g/mol. The number of benzene rings is 1. The zero-order valence-corrected chi connectivity index (χ0v) is 18.6. The first-order chi connectivity index (χ1) is 15.7. The van der Waals surface area contributed by atoms with E-state index < -0.39 is 0 Å². The minimum atomic E-state index is 0.0352. The monoisotopic (exact) mass is 430 g/mol. The Morgan fingerprint density at radius 2 is 1.75 bits per heavy atom. The van der Waals surface area contributed by atoms with Crippen LogP contribution in [0.25, 0.3) is 11.4 Å². The average Bonchev–Trinajstić information content (AvgIpc) is 3.57. The predicted molar refractivity (Wildman–Crippen MR) is 122 cm³/mol. The Labute approximate surface area is 189 Å².